The van der Waals surface area contributed by atoms with E-state index in [1.165, 1.54) is 11.8 Å². The number of carbonyl (C=O) groups excluding carboxylic acids is 1. The number of carboxylic acids is 1. The number of carboxylic acid groups (broad SMARTS) is 1. The fourth-order valence-corrected chi connectivity index (χ4v) is 3.96. The van der Waals surface area contributed by atoms with Gasteiger partial charge >= 0.3 is 5.97 Å². The first-order valence-electron chi connectivity index (χ1n) is 11.5. The third-order valence-corrected chi connectivity index (χ3v) is 6.48. The van der Waals surface area contributed by atoms with Gasteiger partial charge in [0.2, 0.25) is 5.90 Å². The number of hydrogen-bond acceptors (Lipinski definition) is 6. The summed E-state index contributed by atoms with van der Waals surface area (Å²) in [5.74, 6) is -1.03. The van der Waals surface area contributed by atoms with Gasteiger partial charge in [0.1, 0.15) is 10.4 Å². The molecule has 4 N–H and O–H groups in total. The zero-order valence-corrected chi connectivity index (χ0v) is 22.1. The summed E-state index contributed by atoms with van der Waals surface area (Å²) in [5, 5.41) is 12.2. The van der Waals surface area contributed by atoms with Crippen LogP contribution in [0.25, 0.3) is 0 Å². The zero-order valence-electron chi connectivity index (χ0n) is 21.3. The van der Waals surface area contributed by atoms with Crippen LogP contribution in [0.4, 0.5) is 11.4 Å². The van der Waals surface area contributed by atoms with Gasteiger partial charge in [0.25, 0.3) is 5.91 Å². The number of hydrogen-bond donors (Lipinski definition) is 3. The van der Waals surface area contributed by atoms with E-state index in [0.717, 1.165) is 28.9 Å². The van der Waals surface area contributed by atoms with E-state index in [-0.39, 0.29) is 11.6 Å². The lowest BCUT2D eigenvalue weighted by atomic mass is 10.1. The Hall–Kier alpha value is -3.26. The first kappa shape index (κ1) is 28.0. The molecule has 0 aliphatic heterocycles. The number of thioether (sulfide) groups is 1. The normalized spacial score (nSPS) is 12.7. The second-order valence-electron chi connectivity index (χ2n) is 8.84. The van der Waals surface area contributed by atoms with Crippen LogP contribution in [0.3, 0.4) is 0 Å². The molecular weight excluding hydrogens is 462 g/mol. The van der Waals surface area contributed by atoms with Crippen molar-refractivity contribution in [1.82, 2.24) is 0 Å². The van der Waals surface area contributed by atoms with Crippen LogP contribution in [-0.2, 0) is 14.3 Å². The van der Waals surface area contributed by atoms with Crippen LogP contribution in [0, 0.1) is 13.8 Å². The molecule has 8 heteroatoms. The number of benzene rings is 2. The fraction of sp³-hybridized carbons (Fsp3) is 0.370. The molecule has 2 aromatic carbocycles. The van der Waals surface area contributed by atoms with Gasteiger partial charge in [0.15, 0.2) is 0 Å². The van der Waals surface area contributed by atoms with Crippen LogP contribution in [-0.4, -0.2) is 34.2 Å². The maximum Gasteiger partial charge on any atom is 0.319 e. The summed E-state index contributed by atoms with van der Waals surface area (Å²) in [7, 11) is 0. The summed E-state index contributed by atoms with van der Waals surface area (Å²) in [6.07, 6.45) is 1.78. The summed E-state index contributed by atoms with van der Waals surface area (Å²) in [5.41, 5.74) is 10.0. The molecule has 2 rings (SSSR count). The van der Waals surface area contributed by atoms with E-state index in [1.807, 2.05) is 44.2 Å². The minimum Gasteiger partial charge on any atom is -0.480 e. The van der Waals surface area contributed by atoms with E-state index in [0.29, 0.717) is 23.6 Å². The van der Waals surface area contributed by atoms with Crippen LogP contribution in [0.1, 0.15) is 51.7 Å². The smallest absolute Gasteiger partial charge is 0.319 e. The molecule has 1 amide bonds. The summed E-state index contributed by atoms with van der Waals surface area (Å²) in [4.78, 5) is 29.7. The molecule has 0 aliphatic carbocycles. The highest BCUT2D eigenvalue weighted by atomic mass is 32.2. The fourth-order valence-electron chi connectivity index (χ4n) is 3.01. The molecule has 0 bridgehead atoms. The number of anilines is 1. The van der Waals surface area contributed by atoms with E-state index in [1.54, 1.807) is 32.9 Å². The van der Waals surface area contributed by atoms with Crippen molar-refractivity contribution in [2.45, 2.75) is 64.0 Å². The lowest BCUT2D eigenvalue weighted by Crippen LogP contribution is -2.26. The van der Waals surface area contributed by atoms with Crippen molar-refractivity contribution in [2.24, 2.45) is 10.7 Å². The SMILES string of the molecule is CCCCOC(=Nc1ccc(SC(C)(C)C(=O)O)cc1)C(C)=C(N)C(=O)Nc1ccc(C)cc1C. The number of unbranched alkanes of at least 4 members (excludes halogenated alkanes) is 1. The minimum absolute atomic E-state index is 0.0237. The molecule has 0 saturated carbocycles. The highest BCUT2D eigenvalue weighted by Crippen LogP contribution is 2.33. The van der Waals surface area contributed by atoms with Crippen molar-refractivity contribution in [3.05, 3.63) is 64.9 Å². The van der Waals surface area contributed by atoms with Crippen molar-refractivity contribution in [3.8, 4) is 0 Å². The summed E-state index contributed by atoms with van der Waals surface area (Å²) in [6.45, 7) is 11.4. The molecule has 35 heavy (non-hydrogen) atoms. The topological polar surface area (TPSA) is 114 Å². The van der Waals surface area contributed by atoms with E-state index in [9.17, 15) is 14.7 Å². The number of rotatable bonds is 10. The number of carbonyl (C=O) groups is 2. The molecule has 0 aromatic heterocycles. The lowest BCUT2D eigenvalue weighted by molar-refractivity contribution is -0.138. The predicted octanol–water partition coefficient (Wildman–Crippen LogP) is 5.98. The lowest BCUT2D eigenvalue weighted by Gasteiger charge is -2.18. The van der Waals surface area contributed by atoms with Crippen LogP contribution >= 0.6 is 11.8 Å². The van der Waals surface area contributed by atoms with Gasteiger partial charge in [-0.3, -0.25) is 9.59 Å². The van der Waals surface area contributed by atoms with Gasteiger partial charge in [0.05, 0.1) is 12.3 Å². The number of aliphatic imine (C=N–C) groups is 1. The number of nitrogens with two attached hydrogens (primary N) is 1. The Morgan fingerprint density at radius 1 is 1.14 bits per heavy atom. The van der Waals surface area contributed by atoms with Crippen molar-refractivity contribution in [3.63, 3.8) is 0 Å². The number of amides is 1. The minimum atomic E-state index is -0.948. The molecule has 0 atom stereocenters. The van der Waals surface area contributed by atoms with Crippen LogP contribution < -0.4 is 11.1 Å². The molecular formula is C27H35N3O4S. The van der Waals surface area contributed by atoms with Gasteiger partial charge in [-0.25, -0.2) is 4.99 Å². The Bertz CT molecular complexity index is 1120. The van der Waals surface area contributed by atoms with E-state index < -0.39 is 16.6 Å². The van der Waals surface area contributed by atoms with Crippen molar-refractivity contribution < 1.29 is 19.4 Å². The highest BCUT2D eigenvalue weighted by molar-refractivity contribution is 8.01. The highest BCUT2D eigenvalue weighted by Gasteiger charge is 2.28. The van der Waals surface area contributed by atoms with Crippen LogP contribution in [0.15, 0.2) is 63.6 Å². The van der Waals surface area contributed by atoms with Crippen molar-refractivity contribution >= 4 is 40.9 Å². The predicted molar refractivity (Wildman–Crippen MR) is 143 cm³/mol. The monoisotopic (exact) mass is 497 g/mol. The Morgan fingerprint density at radius 2 is 1.80 bits per heavy atom. The second-order valence-corrected chi connectivity index (χ2v) is 10.5. The molecule has 2 aromatic rings. The standard InChI is InChI=1S/C27H35N3O4S/c1-7-8-15-34-25(29-20-10-12-21(13-11-20)35-27(5,6)26(32)33)19(4)23(28)24(31)30-22-14-9-17(2)16-18(22)3/h9-14,16H,7-8,15,28H2,1-6H3,(H,30,31)(H,32,33). The van der Waals surface area contributed by atoms with Gasteiger partial charge in [-0.15, -0.1) is 11.8 Å². The van der Waals surface area contributed by atoms with Gasteiger partial charge in [0, 0.05) is 16.2 Å². The Labute approximate surface area is 211 Å². The summed E-state index contributed by atoms with van der Waals surface area (Å²) >= 11 is 1.25. The molecule has 0 unspecified atom stereocenters. The molecule has 188 valence electrons. The molecule has 0 radical (unpaired) electrons. The van der Waals surface area contributed by atoms with Crippen molar-refractivity contribution in [2.75, 3.05) is 11.9 Å². The molecule has 7 nitrogen and oxygen atoms in total. The van der Waals surface area contributed by atoms with Crippen LogP contribution in [0.5, 0.6) is 0 Å². The third kappa shape index (κ3) is 8.17. The first-order valence-corrected chi connectivity index (χ1v) is 12.4. The Kier molecular flexibility index (Phi) is 9.95. The number of nitrogens with zero attached hydrogens (tertiary/aromatic N) is 1. The summed E-state index contributed by atoms with van der Waals surface area (Å²) in [6, 6.07) is 13.0. The van der Waals surface area contributed by atoms with Crippen molar-refractivity contribution in [1.29, 1.82) is 0 Å². The Morgan fingerprint density at radius 3 is 2.37 bits per heavy atom. The third-order valence-electron chi connectivity index (χ3n) is 5.29. The maximum atomic E-state index is 12.9. The maximum absolute atomic E-state index is 12.9. The Balaban J connectivity index is 2.30. The molecule has 0 fully saturated rings. The average molecular weight is 498 g/mol. The van der Waals surface area contributed by atoms with Gasteiger partial charge in [-0.2, -0.15) is 0 Å². The first-order chi connectivity index (χ1) is 16.4. The number of aryl methyl sites for hydroxylation is 2. The van der Waals surface area contributed by atoms with Gasteiger partial charge in [-0.1, -0.05) is 31.0 Å². The zero-order chi connectivity index (χ0) is 26.2. The summed E-state index contributed by atoms with van der Waals surface area (Å²) < 4.78 is 4.95. The second kappa shape index (κ2) is 12.4. The van der Waals surface area contributed by atoms with E-state index >= 15 is 0 Å². The van der Waals surface area contributed by atoms with Gasteiger partial charge < -0.3 is 20.9 Å². The molecule has 0 saturated heterocycles. The number of aliphatic carboxylic acids is 1. The number of nitrogens with one attached hydrogen (secondary N) is 1. The molecule has 0 spiro atoms. The van der Waals surface area contributed by atoms with Crippen LogP contribution in [0.2, 0.25) is 0 Å². The van der Waals surface area contributed by atoms with E-state index in [2.05, 4.69) is 17.2 Å². The molecule has 0 heterocycles. The molecule has 0 aliphatic rings. The quantitative estimate of drug-likeness (QED) is 0.122. The van der Waals surface area contributed by atoms with Gasteiger partial charge in [-0.05, 0) is 76.9 Å². The number of ether oxygens (including phenoxy) is 1. The average Bonchev–Trinajstić information content (AvgIpc) is 2.80. The van der Waals surface area contributed by atoms with E-state index in [4.69, 9.17) is 10.5 Å². The largest absolute Gasteiger partial charge is 0.480 e.